The molecular formula is C13H22N2O3S2. The van der Waals surface area contributed by atoms with Crippen molar-refractivity contribution in [3.05, 3.63) is 15.8 Å². The van der Waals surface area contributed by atoms with Gasteiger partial charge in [0.05, 0.1) is 17.0 Å². The molecule has 1 aliphatic rings. The molecule has 1 atom stereocenters. The van der Waals surface area contributed by atoms with Gasteiger partial charge in [-0.25, -0.2) is 13.1 Å². The molecule has 1 fully saturated rings. The maximum atomic E-state index is 12.6. The van der Waals surface area contributed by atoms with E-state index in [1.165, 1.54) is 11.3 Å². The molecule has 5 nitrogen and oxygen atoms in total. The summed E-state index contributed by atoms with van der Waals surface area (Å²) >= 11 is 1.51. The van der Waals surface area contributed by atoms with Crippen molar-refractivity contribution in [3.8, 4) is 0 Å². The van der Waals surface area contributed by atoms with Crippen molar-refractivity contribution >= 4 is 21.4 Å². The van der Waals surface area contributed by atoms with Gasteiger partial charge < -0.3 is 10.1 Å². The summed E-state index contributed by atoms with van der Waals surface area (Å²) < 4.78 is 33.4. The zero-order valence-electron chi connectivity index (χ0n) is 12.2. The summed E-state index contributed by atoms with van der Waals surface area (Å²) in [7, 11) is -1.64. The van der Waals surface area contributed by atoms with Gasteiger partial charge in [0.15, 0.2) is 0 Å². The highest BCUT2D eigenvalue weighted by molar-refractivity contribution is 7.89. The lowest BCUT2D eigenvalue weighted by Gasteiger charge is -2.33. The fourth-order valence-corrected chi connectivity index (χ4v) is 5.52. The lowest BCUT2D eigenvalue weighted by molar-refractivity contribution is 0.0386. The van der Waals surface area contributed by atoms with E-state index >= 15 is 0 Å². The summed E-state index contributed by atoms with van der Waals surface area (Å²) in [5, 5.41) is 3.04. The number of rotatable bonds is 5. The number of nitrogens with one attached hydrogen (secondary N) is 2. The first-order valence-electron chi connectivity index (χ1n) is 6.72. The van der Waals surface area contributed by atoms with Crippen LogP contribution in [0.3, 0.4) is 0 Å². The average Bonchev–Trinajstić information content (AvgIpc) is 2.71. The van der Waals surface area contributed by atoms with Crippen LogP contribution >= 0.6 is 11.3 Å². The molecule has 1 aromatic rings. The molecule has 2 rings (SSSR count). The van der Waals surface area contributed by atoms with Gasteiger partial charge in [-0.3, -0.25) is 0 Å². The molecule has 0 saturated carbocycles. The molecule has 0 aromatic carbocycles. The number of hydrogen-bond donors (Lipinski definition) is 2. The molecule has 0 bridgehead atoms. The second kappa shape index (κ2) is 6.11. The summed E-state index contributed by atoms with van der Waals surface area (Å²) in [5.41, 5.74) is -0.505. The first-order valence-corrected chi connectivity index (χ1v) is 9.02. The van der Waals surface area contributed by atoms with Gasteiger partial charge in [0.25, 0.3) is 0 Å². The lowest BCUT2D eigenvalue weighted by atomic mass is 9.97. The molecule has 2 N–H and O–H groups in total. The summed E-state index contributed by atoms with van der Waals surface area (Å²) in [4.78, 5) is 2.23. The summed E-state index contributed by atoms with van der Waals surface area (Å²) in [6.45, 7) is 5.57. The minimum atomic E-state index is -3.49. The Morgan fingerprint density at radius 1 is 1.50 bits per heavy atom. The van der Waals surface area contributed by atoms with E-state index in [2.05, 4.69) is 10.0 Å². The van der Waals surface area contributed by atoms with Crippen LogP contribution in [-0.2, 0) is 21.3 Å². The van der Waals surface area contributed by atoms with E-state index in [0.29, 0.717) is 24.7 Å². The average molecular weight is 318 g/mol. The molecule has 0 radical (unpaired) electrons. The molecule has 0 amide bonds. The minimum Gasteiger partial charge on any atom is -0.380 e. The van der Waals surface area contributed by atoms with E-state index < -0.39 is 15.6 Å². The van der Waals surface area contributed by atoms with Crippen LogP contribution in [0.5, 0.6) is 0 Å². The number of ether oxygens (including phenoxy) is 1. The number of hydrogen-bond acceptors (Lipinski definition) is 5. The fraction of sp³-hybridized carbons (Fsp3) is 0.692. The number of aryl methyl sites for hydroxylation is 1. The van der Waals surface area contributed by atoms with Crippen LogP contribution in [0.1, 0.15) is 29.5 Å². The molecule has 1 saturated heterocycles. The number of thiophene rings is 1. The van der Waals surface area contributed by atoms with Crippen molar-refractivity contribution in [2.24, 2.45) is 0 Å². The SMILES string of the molecule is CNCc1cc(S(=O)(=O)NC2(C)CCCOC2)c(C)s1. The molecule has 0 aliphatic carbocycles. The smallest absolute Gasteiger partial charge is 0.242 e. The van der Waals surface area contributed by atoms with E-state index in [1.807, 2.05) is 20.9 Å². The highest BCUT2D eigenvalue weighted by Gasteiger charge is 2.34. The normalized spacial score (nSPS) is 23.9. The minimum absolute atomic E-state index is 0.388. The van der Waals surface area contributed by atoms with Gasteiger partial charge in [-0.2, -0.15) is 0 Å². The Morgan fingerprint density at radius 2 is 2.25 bits per heavy atom. The fourth-order valence-electron chi connectivity index (χ4n) is 2.45. The van der Waals surface area contributed by atoms with Crippen LogP contribution in [0, 0.1) is 6.92 Å². The Kier molecular flexibility index (Phi) is 4.86. The van der Waals surface area contributed by atoms with Gasteiger partial charge in [-0.1, -0.05) is 0 Å². The van der Waals surface area contributed by atoms with Crippen LogP contribution in [0.25, 0.3) is 0 Å². The largest absolute Gasteiger partial charge is 0.380 e. The molecule has 114 valence electrons. The van der Waals surface area contributed by atoms with Crippen molar-refractivity contribution in [1.29, 1.82) is 0 Å². The van der Waals surface area contributed by atoms with Gasteiger partial charge in [-0.15, -0.1) is 11.3 Å². The molecule has 1 unspecified atom stereocenters. The molecule has 2 heterocycles. The van der Waals surface area contributed by atoms with E-state index in [-0.39, 0.29) is 0 Å². The van der Waals surface area contributed by atoms with Gasteiger partial charge in [0.1, 0.15) is 0 Å². The van der Waals surface area contributed by atoms with Crippen molar-refractivity contribution in [2.45, 2.75) is 43.7 Å². The monoisotopic (exact) mass is 318 g/mol. The topological polar surface area (TPSA) is 67.4 Å². The summed E-state index contributed by atoms with van der Waals surface area (Å²) in [6.07, 6.45) is 1.69. The third kappa shape index (κ3) is 3.59. The van der Waals surface area contributed by atoms with Crippen LogP contribution < -0.4 is 10.0 Å². The summed E-state index contributed by atoms with van der Waals surface area (Å²) in [5.74, 6) is 0. The zero-order valence-corrected chi connectivity index (χ0v) is 13.8. The van der Waals surface area contributed by atoms with Crippen LogP contribution in [0.15, 0.2) is 11.0 Å². The Hall–Kier alpha value is -0.470. The predicted molar refractivity (Wildman–Crippen MR) is 80.6 cm³/mol. The third-order valence-electron chi connectivity index (χ3n) is 3.38. The molecule has 1 aromatic heterocycles. The van der Waals surface area contributed by atoms with Crippen molar-refractivity contribution in [1.82, 2.24) is 10.0 Å². The Bertz CT molecular complexity index is 560. The maximum Gasteiger partial charge on any atom is 0.242 e. The second-order valence-corrected chi connectivity index (χ2v) is 8.48. The van der Waals surface area contributed by atoms with Crippen molar-refractivity contribution < 1.29 is 13.2 Å². The van der Waals surface area contributed by atoms with Crippen LogP contribution in [0.2, 0.25) is 0 Å². The Labute approximate surface area is 124 Å². The molecule has 20 heavy (non-hydrogen) atoms. The molecule has 0 spiro atoms. The van der Waals surface area contributed by atoms with Gasteiger partial charge >= 0.3 is 0 Å². The predicted octanol–water partition coefficient (Wildman–Crippen LogP) is 1.62. The number of sulfonamides is 1. The quantitative estimate of drug-likeness (QED) is 0.866. The molecule has 1 aliphatic heterocycles. The Balaban J connectivity index is 2.21. The van der Waals surface area contributed by atoms with Crippen LogP contribution in [0.4, 0.5) is 0 Å². The highest BCUT2D eigenvalue weighted by Crippen LogP contribution is 2.28. The van der Waals surface area contributed by atoms with Gasteiger partial charge in [-0.05, 0) is 39.8 Å². The second-order valence-electron chi connectivity index (χ2n) is 5.49. The highest BCUT2D eigenvalue weighted by atomic mass is 32.2. The maximum absolute atomic E-state index is 12.6. The van der Waals surface area contributed by atoms with E-state index in [1.54, 1.807) is 6.07 Å². The van der Waals surface area contributed by atoms with E-state index in [4.69, 9.17) is 4.74 Å². The standard InChI is InChI=1S/C13H22N2O3S2/c1-10-12(7-11(19-10)8-14-3)20(16,17)15-13(2)5-4-6-18-9-13/h7,14-15H,4-6,8-9H2,1-3H3. The van der Waals surface area contributed by atoms with E-state index in [9.17, 15) is 8.42 Å². The molecule has 7 heteroatoms. The summed E-state index contributed by atoms with van der Waals surface area (Å²) in [6, 6.07) is 1.76. The van der Waals surface area contributed by atoms with Crippen molar-refractivity contribution in [2.75, 3.05) is 20.3 Å². The zero-order chi connectivity index (χ0) is 14.8. The van der Waals surface area contributed by atoms with E-state index in [0.717, 1.165) is 22.6 Å². The van der Waals surface area contributed by atoms with Gasteiger partial charge in [0, 0.05) is 22.9 Å². The first kappa shape index (κ1) is 15.9. The first-order chi connectivity index (χ1) is 9.36. The van der Waals surface area contributed by atoms with Crippen molar-refractivity contribution in [3.63, 3.8) is 0 Å². The molecular weight excluding hydrogens is 296 g/mol. The van der Waals surface area contributed by atoms with Crippen LogP contribution in [-0.4, -0.2) is 34.2 Å². The van der Waals surface area contributed by atoms with Gasteiger partial charge in [0.2, 0.25) is 10.0 Å². The lowest BCUT2D eigenvalue weighted by Crippen LogP contribution is -2.51. The Morgan fingerprint density at radius 3 is 2.85 bits per heavy atom. The third-order valence-corrected chi connectivity index (χ3v) is 6.33.